The molecule has 1 N–H and O–H groups in total. The molecule has 0 aliphatic heterocycles. The predicted octanol–water partition coefficient (Wildman–Crippen LogP) is 1.64. The quantitative estimate of drug-likeness (QED) is 0.741. The molecule has 112 valence electrons. The molecule has 1 amide bonds. The van der Waals surface area contributed by atoms with Gasteiger partial charge in [-0.15, -0.1) is 0 Å². The summed E-state index contributed by atoms with van der Waals surface area (Å²) in [5.41, 5.74) is 0.207. The zero-order chi connectivity index (χ0) is 15.0. The fourth-order valence-electron chi connectivity index (χ4n) is 1.82. The summed E-state index contributed by atoms with van der Waals surface area (Å²) in [4.78, 5) is 12.2. The number of nitrogens with one attached hydrogen (secondary N) is 1. The van der Waals surface area contributed by atoms with Gasteiger partial charge in [-0.05, 0) is 25.0 Å². The molecular weight excluding hydrogens is 278 g/mol. The first kappa shape index (κ1) is 16.7. The number of rotatable bonds is 8. The number of carbonyl (C=O) groups is 1. The first-order chi connectivity index (χ1) is 9.53. The second-order valence-corrected chi connectivity index (χ2v) is 6.49. The summed E-state index contributed by atoms with van der Waals surface area (Å²) in [7, 11) is -1.82. The molecule has 0 aliphatic rings. The molecule has 0 saturated heterocycles. The number of carbonyl (C=O) groups excluding carboxylic acids is 1. The van der Waals surface area contributed by atoms with E-state index in [-0.39, 0.29) is 22.1 Å². The van der Waals surface area contributed by atoms with Crippen LogP contribution in [-0.2, 0) is 14.6 Å². The first-order valence-corrected chi connectivity index (χ1v) is 8.27. The van der Waals surface area contributed by atoms with E-state index < -0.39 is 9.84 Å². The summed E-state index contributed by atoms with van der Waals surface area (Å²) in [6.45, 7) is 2.80. The van der Waals surface area contributed by atoms with Crippen LogP contribution in [0.1, 0.15) is 30.1 Å². The van der Waals surface area contributed by atoms with Crippen LogP contribution in [0.4, 0.5) is 0 Å². The average molecular weight is 299 g/mol. The summed E-state index contributed by atoms with van der Waals surface area (Å²) in [5.74, 6) is -0.322. The van der Waals surface area contributed by atoms with Crippen LogP contribution in [0, 0.1) is 0 Å². The van der Waals surface area contributed by atoms with Crippen LogP contribution in [0.2, 0.25) is 0 Å². The minimum Gasteiger partial charge on any atom is -0.385 e. The van der Waals surface area contributed by atoms with Gasteiger partial charge in [-0.2, -0.15) is 0 Å². The molecule has 0 aliphatic carbocycles. The Bertz CT molecular complexity index is 540. The van der Waals surface area contributed by atoms with Gasteiger partial charge in [-0.25, -0.2) is 8.42 Å². The molecule has 6 heteroatoms. The lowest BCUT2D eigenvalue weighted by Gasteiger charge is -2.10. The predicted molar refractivity (Wildman–Crippen MR) is 77.6 cm³/mol. The topological polar surface area (TPSA) is 72.5 Å². The molecule has 1 aromatic rings. The van der Waals surface area contributed by atoms with Crippen LogP contribution in [0.5, 0.6) is 0 Å². The van der Waals surface area contributed by atoms with E-state index in [0.717, 1.165) is 0 Å². The maximum absolute atomic E-state index is 12.1. The second kappa shape index (κ2) is 8.01. The Morgan fingerprint density at radius 3 is 2.65 bits per heavy atom. The SMILES string of the molecule is CCCS(=O)(=O)c1ccccc1C(=O)NCCCOC. The lowest BCUT2D eigenvalue weighted by atomic mass is 10.2. The van der Waals surface area contributed by atoms with E-state index in [0.29, 0.717) is 26.0 Å². The van der Waals surface area contributed by atoms with Gasteiger partial charge in [0.25, 0.3) is 5.91 Å². The number of hydrogen-bond donors (Lipinski definition) is 1. The standard InChI is InChI=1S/C14H21NO4S/c1-3-11-20(17,18)13-8-5-4-7-12(13)14(16)15-9-6-10-19-2/h4-5,7-8H,3,6,9-11H2,1-2H3,(H,15,16). The lowest BCUT2D eigenvalue weighted by Crippen LogP contribution is -2.27. The molecule has 1 rings (SSSR count). The Morgan fingerprint density at radius 1 is 1.30 bits per heavy atom. The fraction of sp³-hybridized carbons (Fsp3) is 0.500. The van der Waals surface area contributed by atoms with Gasteiger partial charge in [-0.1, -0.05) is 19.1 Å². The molecule has 20 heavy (non-hydrogen) atoms. The van der Waals surface area contributed by atoms with E-state index in [2.05, 4.69) is 5.32 Å². The van der Waals surface area contributed by atoms with Crippen molar-refractivity contribution >= 4 is 15.7 Å². The van der Waals surface area contributed by atoms with Gasteiger partial charge in [0.15, 0.2) is 9.84 Å². The highest BCUT2D eigenvalue weighted by atomic mass is 32.2. The summed E-state index contributed by atoms with van der Waals surface area (Å²) < 4.78 is 29.2. The Hall–Kier alpha value is -1.40. The molecule has 0 saturated carbocycles. The van der Waals surface area contributed by atoms with E-state index in [9.17, 15) is 13.2 Å². The number of amides is 1. The minimum atomic E-state index is -3.41. The summed E-state index contributed by atoms with van der Waals surface area (Å²) in [6, 6.07) is 6.31. The third-order valence-electron chi connectivity index (χ3n) is 2.75. The normalized spacial score (nSPS) is 11.3. The number of benzene rings is 1. The van der Waals surface area contributed by atoms with Crippen LogP contribution in [0.15, 0.2) is 29.2 Å². The highest BCUT2D eigenvalue weighted by Gasteiger charge is 2.20. The summed E-state index contributed by atoms with van der Waals surface area (Å²) in [5, 5.41) is 2.70. The average Bonchev–Trinajstić information content (AvgIpc) is 2.43. The molecular formula is C14H21NO4S. The van der Waals surface area contributed by atoms with Crippen LogP contribution in [-0.4, -0.2) is 40.3 Å². The summed E-state index contributed by atoms with van der Waals surface area (Å²) >= 11 is 0. The van der Waals surface area contributed by atoms with Crippen molar-refractivity contribution in [3.8, 4) is 0 Å². The van der Waals surface area contributed by atoms with Crippen molar-refractivity contribution in [1.82, 2.24) is 5.32 Å². The molecule has 0 fully saturated rings. The van der Waals surface area contributed by atoms with Gasteiger partial charge in [0.2, 0.25) is 0 Å². The van der Waals surface area contributed by atoms with Crippen molar-refractivity contribution in [1.29, 1.82) is 0 Å². The van der Waals surface area contributed by atoms with Crippen LogP contribution >= 0.6 is 0 Å². The largest absolute Gasteiger partial charge is 0.385 e. The molecule has 0 radical (unpaired) electrons. The molecule has 0 atom stereocenters. The zero-order valence-electron chi connectivity index (χ0n) is 11.9. The van der Waals surface area contributed by atoms with E-state index in [1.54, 1.807) is 26.2 Å². The van der Waals surface area contributed by atoms with Gasteiger partial charge >= 0.3 is 0 Å². The van der Waals surface area contributed by atoms with Crippen molar-refractivity contribution in [3.05, 3.63) is 29.8 Å². The Morgan fingerprint density at radius 2 is 2.00 bits per heavy atom. The monoisotopic (exact) mass is 299 g/mol. The van der Waals surface area contributed by atoms with Crippen LogP contribution in [0.3, 0.4) is 0 Å². The van der Waals surface area contributed by atoms with Gasteiger partial charge in [0.1, 0.15) is 0 Å². The highest BCUT2D eigenvalue weighted by Crippen LogP contribution is 2.17. The number of ether oxygens (including phenoxy) is 1. The Balaban J connectivity index is 2.88. The van der Waals surface area contributed by atoms with Crippen molar-refractivity contribution in [3.63, 3.8) is 0 Å². The lowest BCUT2D eigenvalue weighted by molar-refractivity contribution is 0.0945. The molecule has 0 spiro atoms. The molecule has 1 aromatic carbocycles. The molecule has 0 bridgehead atoms. The Labute approximate surface area is 120 Å². The Kier molecular flexibility index (Phi) is 6.67. The second-order valence-electron chi connectivity index (χ2n) is 4.42. The third kappa shape index (κ3) is 4.61. The molecule has 5 nitrogen and oxygen atoms in total. The number of methoxy groups -OCH3 is 1. The van der Waals surface area contributed by atoms with E-state index in [1.807, 2.05) is 0 Å². The van der Waals surface area contributed by atoms with E-state index in [4.69, 9.17) is 4.74 Å². The van der Waals surface area contributed by atoms with Crippen molar-refractivity contribution in [2.45, 2.75) is 24.7 Å². The molecule has 0 unspecified atom stereocenters. The van der Waals surface area contributed by atoms with Crippen molar-refractivity contribution < 1.29 is 17.9 Å². The molecule has 0 heterocycles. The highest BCUT2D eigenvalue weighted by molar-refractivity contribution is 7.91. The summed E-state index contributed by atoms with van der Waals surface area (Å²) in [6.07, 6.45) is 1.21. The fourth-order valence-corrected chi connectivity index (χ4v) is 3.36. The first-order valence-electron chi connectivity index (χ1n) is 6.62. The number of hydrogen-bond acceptors (Lipinski definition) is 4. The van der Waals surface area contributed by atoms with Gasteiger partial charge < -0.3 is 10.1 Å². The van der Waals surface area contributed by atoms with Gasteiger partial charge in [0, 0.05) is 20.3 Å². The zero-order valence-corrected chi connectivity index (χ0v) is 12.7. The van der Waals surface area contributed by atoms with Crippen LogP contribution < -0.4 is 5.32 Å². The van der Waals surface area contributed by atoms with Crippen molar-refractivity contribution in [2.75, 3.05) is 26.0 Å². The van der Waals surface area contributed by atoms with E-state index >= 15 is 0 Å². The van der Waals surface area contributed by atoms with Gasteiger partial charge in [-0.3, -0.25) is 4.79 Å². The van der Waals surface area contributed by atoms with Crippen molar-refractivity contribution in [2.24, 2.45) is 0 Å². The number of sulfone groups is 1. The van der Waals surface area contributed by atoms with Crippen LogP contribution in [0.25, 0.3) is 0 Å². The van der Waals surface area contributed by atoms with Gasteiger partial charge in [0.05, 0.1) is 16.2 Å². The van der Waals surface area contributed by atoms with E-state index in [1.165, 1.54) is 12.1 Å². The minimum absolute atomic E-state index is 0.0426. The smallest absolute Gasteiger partial charge is 0.252 e. The maximum atomic E-state index is 12.1. The third-order valence-corrected chi connectivity index (χ3v) is 4.72. The molecule has 0 aromatic heterocycles. The maximum Gasteiger partial charge on any atom is 0.252 e.